The number of piperidine rings is 1. The van der Waals surface area contributed by atoms with Crippen LogP contribution in [0.4, 0.5) is 0 Å². The molecule has 0 aromatic heterocycles. The number of hydrogen-bond acceptors (Lipinski definition) is 1. The Kier molecular flexibility index (Phi) is 3.57. The maximum atomic E-state index is 2.85. The van der Waals surface area contributed by atoms with Crippen LogP contribution in [0.3, 0.4) is 0 Å². The van der Waals surface area contributed by atoms with E-state index >= 15 is 0 Å². The Hall–Kier alpha value is -0.820. The van der Waals surface area contributed by atoms with Gasteiger partial charge in [0.25, 0.3) is 0 Å². The molecule has 21 heavy (non-hydrogen) atoms. The van der Waals surface area contributed by atoms with Gasteiger partial charge < -0.3 is 4.90 Å². The molecule has 114 valence electrons. The monoisotopic (exact) mass is 283 g/mol. The van der Waals surface area contributed by atoms with Crippen molar-refractivity contribution in [1.29, 1.82) is 0 Å². The molecule has 3 aliphatic rings. The van der Waals surface area contributed by atoms with Crippen LogP contribution in [0, 0.1) is 25.7 Å². The largest absolute Gasteiger partial charge is 0.300 e. The van der Waals surface area contributed by atoms with E-state index in [0.29, 0.717) is 0 Å². The highest BCUT2D eigenvalue weighted by Crippen LogP contribution is 2.47. The van der Waals surface area contributed by atoms with Crippen molar-refractivity contribution >= 4 is 0 Å². The van der Waals surface area contributed by atoms with E-state index in [-0.39, 0.29) is 0 Å². The summed E-state index contributed by atoms with van der Waals surface area (Å²) in [6, 6.07) is 7.95. The number of aryl methyl sites for hydroxylation is 2. The number of fused-ring (bicyclic) bond motifs is 2. The molecule has 1 aromatic rings. The number of nitrogens with zero attached hydrogens (tertiary/aromatic N) is 1. The third-order valence-corrected chi connectivity index (χ3v) is 6.57. The van der Waals surface area contributed by atoms with Gasteiger partial charge in [-0.1, -0.05) is 30.2 Å². The minimum Gasteiger partial charge on any atom is -0.300 e. The Labute approximate surface area is 129 Å². The number of benzene rings is 1. The molecule has 0 unspecified atom stereocenters. The summed E-state index contributed by atoms with van der Waals surface area (Å²) in [6.07, 6.45) is 8.85. The molecule has 2 aliphatic carbocycles. The van der Waals surface area contributed by atoms with E-state index in [2.05, 4.69) is 36.9 Å². The first-order chi connectivity index (χ1) is 10.2. The van der Waals surface area contributed by atoms with Crippen molar-refractivity contribution in [2.45, 2.75) is 64.3 Å². The molecule has 1 heterocycles. The van der Waals surface area contributed by atoms with Gasteiger partial charge in [-0.15, -0.1) is 0 Å². The normalized spacial score (nSPS) is 33.7. The van der Waals surface area contributed by atoms with Crippen molar-refractivity contribution in [1.82, 2.24) is 4.90 Å². The lowest BCUT2D eigenvalue weighted by Crippen LogP contribution is -2.43. The Morgan fingerprint density at radius 2 is 1.76 bits per heavy atom. The summed E-state index contributed by atoms with van der Waals surface area (Å²) in [5.41, 5.74) is 4.55. The maximum absolute atomic E-state index is 2.85. The van der Waals surface area contributed by atoms with E-state index in [9.17, 15) is 0 Å². The van der Waals surface area contributed by atoms with Gasteiger partial charge in [0, 0.05) is 6.04 Å². The SMILES string of the molecule is Cc1ccc(C)c(C2CCN([C@H]3C[C@H]4CC[C@H]3C4)CC2)c1. The fourth-order valence-electron chi connectivity index (χ4n) is 5.40. The summed E-state index contributed by atoms with van der Waals surface area (Å²) in [5, 5.41) is 0. The second kappa shape index (κ2) is 5.43. The van der Waals surface area contributed by atoms with Gasteiger partial charge in [0.15, 0.2) is 0 Å². The van der Waals surface area contributed by atoms with Crippen molar-refractivity contribution in [2.24, 2.45) is 11.8 Å². The van der Waals surface area contributed by atoms with E-state index < -0.39 is 0 Å². The average Bonchev–Trinajstić information content (AvgIpc) is 3.13. The van der Waals surface area contributed by atoms with E-state index in [1.165, 1.54) is 56.3 Å². The predicted octanol–water partition coefficient (Wildman–Crippen LogP) is 4.67. The van der Waals surface area contributed by atoms with Crippen molar-refractivity contribution in [2.75, 3.05) is 13.1 Å². The minimum absolute atomic E-state index is 0.805. The molecule has 0 amide bonds. The minimum atomic E-state index is 0.805. The zero-order valence-electron chi connectivity index (χ0n) is 13.6. The fourth-order valence-corrected chi connectivity index (χ4v) is 5.40. The predicted molar refractivity (Wildman–Crippen MR) is 88.7 cm³/mol. The van der Waals surface area contributed by atoms with Crippen molar-refractivity contribution < 1.29 is 0 Å². The molecule has 3 fully saturated rings. The van der Waals surface area contributed by atoms with Gasteiger partial charge in [0.2, 0.25) is 0 Å². The van der Waals surface area contributed by atoms with Crippen molar-refractivity contribution in [3.63, 3.8) is 0 Å². The van der Waals surface area contributed by atoms with Gasteiger partial charge in [-0.25, -0.2) is 0 Å². The number of hydrogen-bond donors (Lipinski definition) is 0. The number of likely N-dealkylation sites (tertiary alicyclic amines) is 1. The maximum Gasteiger partial charge on any atom is 0.0126 e. The smallest absolute Gasteiger partial charge is 0.0126 e. The molecule has 1 nitrogen and oxygen atoms in total. The first-order valence-electron chi connectivity index (χ1n) is 9.02. The molecule has 0 N–H and O–H groups in total. The highest BCUT2D eigenvalue weighted by molar-refractivity contribution is 5.33. The summed E-state index contributed by atoms with van der Waals surface area (Å²) in [7, 11) is 0. The van der Waals surface area contributed by atoms with Crippen LogP contribution in [0.1, 0.15) is 61.1 Å². The van der Waals surface area contributed by atoms with Crippen LogP contribution in [-0.2, 0) is 0 Å². The van der Waals surface area contributed by atoms with Gasteiger partial charge in [-0.2, -0.15) is 0 Å². The molecule has 2 bridgehead atoms. The molecule has 0 radical (unpaired) electrons. The van der Waals surface area contributed by atoms with Crippen LogP contribution < -0.4 is 0 Å². The number of rotatable bonds is 2. The molecule has 3 atom stereocenters. The third-order valence-electron chi connectivity index (χ3n) is 6.57. The molecule has 2 saturated carbocycles. The molecule has 1 aromatic carbocycles. The van der Waals surface area contributed by atoms with Gasteiger partial charge in [-0.05, 0) is 87.9 Å². The second-order valence-corrected chi connectivity index (χ2v) is 7.91. The highest BCUT2D eigenvalue weighted by atomic mass is 15.2. The summed E-state index contributed by atoms with van der Waals surface area (Å²) in [5.74, 6) is 2.93. The lowest BCUT2D eigenvalue weighted by Gasteiger charge is -2.40. The Bertz CT molecular complexity index is 513. The van der Waals surface area contributed by atoms with Crippen LogP contribution in [0.25, 0.3) is 0 Å². The molecule has 1 aliphatic heterocycles. The zero-order chi connectivity index (χ0) is 14.4. The molecule has 1 heteroatoms. The lowest BCUT2D eigenvalue weighted by atomic mass is 9.84. The quantitative estimate of drug-likeness (QED) is 0.762. The van der Waals surface area contributed by atoms with Gasteiger partial charge in [0.05, 0.1) is 0 Å². The van der Waals surface area contributed by atoms with Crippen LogP contribution in [0.2, 0.25) is 0 Å². The average molecular weight is 283 g/mol. The Morgan fingerprint density at radius 1 is 0.952 bits per heavy atom. The highest BCUT2D eigenvalue weighted by Gasteiger charge is 2.42. The third kappa shape index (κ3) is 2.54. The van der Waals surface area contributed by atoms with E-state index in [0.717, 1.165) is 23.8 Å². The zero-order valence-corrected chi connectivity index (χ0v) is 13.6. The molecule has 1 saturated heterocycles. The molecular weight excluding hydrogens is 254 g/mol. The van der Waals surface area contributed by atoms with Crippen LogP contribution in [0.5, 0.6) is 0 Å². The second-order valence-electron chi connectivity index (χ2n) is 7.91. The summed E-state index contributed by atoms with van der Waals surface area (Å²) in [4.78, 5) is 2.85. The standard InChI is InChI=1S/C20H29N/c1-14-3-4-15(2)19(11-14)17-7-9-21(10-8-17)20-13-16-5-6-18(20)12-16/h3-4,11,16-18,20H,5-10,12-13H2,1-2H3/t16-,18-,20-/m0/s1. The van der Waals surface area contributed by atoms with Crippen LogP contribution in [0.15, 0.2) is 18.2 Å². The van der Waals surface area contributed by atoms with Gasteiger partial charge >= 0.3 is 0 Å². The van der Waals surface area contributed by atoms with Gasteiger partial charge in [0.1, 0.15) is 0 Å². The van der Waals surface area contributed by atoms with Gasteiger partial charge in [-0.3, -0.25) is 0 Å². The van der Waals surface area contributed by atoms with E-state index in [4.69, 9.17) is 0 Å². The van der Waals surface area contributed by atoms with Crippen molar-refractivity contribution in [3.05, 3.63) is 34.9 Å². The molecule has 0 spiro atoms. The first-order valence-corrected chi connectivity index (χ1v) is 9.02. The van der Waals surface area contributed by atoms with Crippen molar-refractivity contribution in [3.8, 4) is 0 Å². The van der Waals surface area contributed by atoms with E-state index in [1.807, 2.05) is 0 Å². The summed E-state index contributed by atoms with van der Waals surface area (Å²) < 4.78 is 0. The molecule has 4 rings (SSSR count). The fraction of sp³-hybridized carbons (Fsp3) is 0.700. The summed E-state index contributed by atoms with van der Waals surface area (Å²) >= 11 is 0. The lowest BCUT2D eigenvalue weighted by molar-refractivity contribution is 0.110. The first kappa shape index (κ1) is 13.8. The summed E-state index contributed by atoms with van der Waals surface area (Å²) in [6.45, 7) is 7.20. The van der Waals surface area contributed by atoms with Crippen LogP contribution in [-0.4, -0.2) is 24.0 Å². The molecular formula is C20H29N. The van der Waals surface area contributed by atoms with E-state index in [1.54, 1.807) is 12.0 Å². The Balaban J connectivity index is 1.41. The van der Waals surface area contributed by atoms with Crippen LogP contribution >= 0.6 is 0 Å². The Morgan fingerprint density at radius 3 is 2.43 bits per heavy atom. The topological polar surface area (TPSA) is 3.24 Å².